The summed E-state index contributed by atoms with van der Waals surface area (Å²) >= 11 is 0. The monoisotopic (exact) mass is 362 g/mol. The molecule has 27 heavy (non-hydrogen) atoms. The van der Waals surface area contributed by atoms with Crippen LogP contribution < -0.4 is 4.74 Å². The van der Waals surface area contributed by atoms with Gasteiger partial charge in [0.15, 0.2) is 6.10 Å². The molecule has 0 unspecified atom stereocenters. The molecule has 0 aliphatic heterocycles. The Morgan fingerprint density at radius 2 is 1.30 bits per heavy atom. The molecule has 4 nitrogen and oxygen atoms in total. The highest BCUT2D eigenvalue weighted by molar-refractivity contribution is 5.72. The maximum Gasteiger partial charge on any atom is 0.333 e. The normalized spacial score (nSPS) is 11.7. The van der Waals surface area contributed by atoms with Crippen molar-refractivity contribution in [3.05, 3.63) is 102 Å². The first-order valence-corrected chi connectivity index (χ1v) is 8.85. The molecule has 0 saturated carbocycles. The minimum atomic E-state index is -0.963. The van der Waals surface area contributed by atoms with Gasteiger partial charge in [-0.05, 0) is 28.8 Å². The SMILES string of the molecule is O=C(O)[C@@H](Cc1ccc(OCc2ccccc2)cc1)OCc1ccccc1. The second-order valence-electron chi connectivity index (χ2n) is 6.25. The summed E-state index contributed by atoms with van der Waals surface area (Å²) < 4.78 is 11.4. The minimum Gasteiger partial charge on any atom is -0.489 e. The van der Waals surface area contributed by atoms with Gasteiger partial charge in [-0.2, -0.15) is 0 Å². The highest BCUT2D eigenvalue weighted by atomic mass is 16.5. The highest BCUT2D eigenvalue weighted by Crippen LogP contribution is 2.16. The Bertz CT molecular complexity index is 829. The third kappa shape index (κ3) is 5.97. The van der Waals surface area contributed by atoms with Gasteiger partial charge in [0, 0.05) is 6.42 Å². The summed E-state index contributed by atoms with van der Waals surface area (Å²) in [7, 11) is 0. The lowest BCUT2D eigenvalue weighted by Gasteiger charge is -2.14. The Morgan fingerprint density at radius 1 is 0.741 bits per heavy atom. The van der Waals surface area contributed by atoms with Crippen molar-refractivity contribution in [1.82, 2.24) is 0 Å². The number of hydrogen-bond acceptors (Lipinski definition) is 3. The molecule has 0 fully saturated rings. The van der Waals surface area contributed by atoms with Crippen molar-refractivity contribution in [2.75, 3.05) is 0 Å². The molecule has 0 aliphatic rings. The number of aliphatic carboxylic acids is 1. The zero-order valence-electron chi connectivity index (χ0n) is 15.0. The lowest BCUT2D eigenvalue weighted by atomic mass is 10.1. The average molecular weight is 362 g/mol. The van der Waals surface area contributed by atoms with Crippen LogP contribution in [-0.2, 0) is 29.2 Å². The first kappa shape index (κ1) is 18.7. The molecule has 4 heteroatoms. The summed E-state index contributed by atoms with van der Waals surface area (Å²) in [6.07, 6.45) is -0.581. The number of rotatable bonds is 9. The van der Waals surface area contributed by atoms with Crippen molar-refractivity contribution in [2.45, 2.75) is 25.7 Å². The van der Waals surface area contributed by atoms with Crippen LogP contribution in [0.1, 0.15) is 16.7 Å². The van der Waals surface area contributed by atoms with E-state index in [2.05, 4.69) is 0 Å². The van der Waals surface area contributed by atoms with Crippen molar-refractivity contribution in [3.8, 4) is 5.75 Å². The number of carboxylic acid groups (broad SMARTS) is 1. The number of hydrogen-bond donors (Lipinski definition) is 1. The van der Waals surface area contributed by atoms with Crippen LogP contribution in [0.5, 0.6) is 5.75 Å². The van der Waals surface area contributed by atoms with Gasteiger partial charge < -0.3 is 14.6 Å². The van der Waals surface area contributed by atoms with Gasteiger partial charge in [0.25, 0.3) is 0 Å². The molecule has 0 aromatic heterocycles. The van der Waals surface area contributed by atoms with Crippen molar-refractivity contribution in [3.63, 3.8) is 0 Å². The molecule has 3 aromatic carbocycles. The molecule has 0 amide bonds. The van der Waals surface area contributed by atoms with Crippen LogP contribution in [0.15, 0.2) is 84.9 Å². The Hall–Kier alpha value is -3.11. The van der Waals surface area contributed by atoms with Crippen LogP contribution in [-0.4, -0.2) is 17.2 Å². The molecular formula is C23H22O4. The van der Waals surface area contributed by atoms with E-state index in [4.69, 9.17) is 9.47 Å². The maximum absolute atomic E-state index is 11.5. The van der Waals surface area contributed by atoms with Gasteiger partial charge >= 0.3 is 5.97 Å². The summed E-state index contributed by atoms with van der Waals surface area (Å²) in [5, 5.41) is 9.43. The van der Waals surface area contributed by atoms with Crippen LogP contribution in [0.25, 0.3) is 0 Å². The zero-order chi connectivity index (χ0) is 18.9. The average Bonchev–Trinajstić information content (AvgIpc) is 2.72. The van der Waals surface area contributed by atoms with Crippen LogP contribution in [0.2, 0.25) is 0 Å². The summed E-state index contributed by atoms with van der Waals surface area (Å²) in [4.78, 5) is 11.5. The van der Waals surface area contributed by atoms with Gasteiger partial charge in [-0.3, -0.25) is 0 Å². The van der Waals surface area contributed by atoms with Crippen LogP contribution in [0, 0.1) is 0 Å². The molecule has 1 atom stereocenters. The van der Waals surface area contributed by atoms with E-state index < -0.39 is 12.1 Å². The molecule has 0 aliphatic carbocycles. The van der Waals surface area contributed by atoms with Gasteiger partial charge in [0.1, 0.15) is 12.4 Å². The molecule has 0 heterocycles. The van der Waals surface area contributed by atoms with Gasteiger partial charge in [0.2, 0.25) is 0 Å². The smallest absolute Gasteiger partial charge is 0.333 e. The Kier molecular flexibility index (Phi) is 6.61. The molecule has 0 spiro atoms. The first-order chi connectivity index (χ1) is 13.2. The second-order valence-corrected chi connectivity index (χ2v) is 6.25. The molecule has 0 bridgehead atoms. The van der Waals surface area contributed by atoms with Crippen LogP contribution in [0.3, 0.4) is 0 Å². The fraction of sp³-hybridized carbons (Fsp3) is 0.174. The largest absolute Gasteiger partial charge is 0.489 e. The second kappa shape index (κ2) is 9.55. The van der Waals surface area contributed by atoms with Crippen molar-refractivity contribution < 1.29 is 19.4 Å². The fourth-order valence-electron chi connectivity index (χ4n) is 2.67. The van der Waals surface area contributed by atoms with E-state index in [9.17, 15) is 9.90 Å². The quantitative estimate of drug-likeness (QED) is 0.610. The molecule has 1 N–H and O–H groups in total. The van der Waals surface area contributed by atoms with Crippen LogP contribution >= 0.6 is 0 Å². The molecule has 3 aromatic rings. The molecule has 0 radical (unpaired) electrons. The number of carbonyl (C=O) groups is 1. The lowest BCUT2D eigenvalue weighted by molar-refractivity contribution is -0.151. The van der Waals surface area contributed by atoms with E-state index in [1.54, 1.807) is 0 Å². The summed E-state index contributed by atoms with van der Waals surface area (Å²) in [5.74, 6) is -0.213. The first-order valence-electron chi connectivity index (χ1n) is 8.85. The third-order valence-corrected chi connectivity index (χ3v) is 4.16. The topological polar surface area (TPSA) is 55.8 Å². The van der Waals surface area contributed by atoms with Gasteiger partial charge in [0.05, 0.1) is 6.61 Å². The Balaban J connectivity index is 1.54. The standard InChI is InChI=1S/C23H22O4/c24-23(25)22(27-17-20-9-5-2-6-10-20)15-18-11-13-21(14-12-18)26-16-19-7-3-1-4-8-19/h1-14,22H,15-17H2,(H,24,25)/t22-/m1/s1. The van der Waals surface area contributed by atoms with Crippen molar-refractivity contribution >= 4 is 5.97 Å². The number of benzene rings is 3. The van der Waals surface area contributed by atoms with Gasteiger partial charge in [-0.15, -0.1) is 0 Å². The maximum atomic E-state index is 11.5. The minimum absolute atomic E-state index is 0.274. The fourth-order valence-corrected chi connectivity index (χ4v) is 2.67. The summed E-state index contributed by atoms with van der Waals surface area (Å²) in [6, 6.07) is 27.0. The molecule has 3 rings (SSSR count). The van der Waals surface area contributed by atoms with Crippen LogP contribution in [0.4, 0.5) is 0 Å². The lowest BCUT2D eigenvalue weighted by Crippen LogP contribution is -2.26. The van der Waals surface area contributed by atoms with Crippen molar-refractivity contribution in [2.24, 2.45) is 0 Å². The zero-order valence-corrected chi connectivity index (χ0v) is 15.0. The van der Waals surface area contributed by atoms with E-state index >= 15 is 0 Å². The Labute approximate surface area is 159 Å². The van der Waals surface area contributed by atoms with E-state index in [0.29, 0.717) is 13.0 Å². The number of ether oxygens (including phenoxy) is 2. The van der Waals surface area contributed by atoms with Crippen molar-refractivity contribution in [1.29, 1.82) is 0 Å². The molecule has 0 saturated heterocycles. The number of carboxylic acids is 1. The Morgan fingerprint density at radius 3 is 1.85 bits per heavy atom. The van der Waals surface area contributed by atoms with E-state index in [-0.39, 0.29) is 6.61 Å². The summed E-state index contributed by atoms with van der Waals surface area (Å²) in [5.41, 5.74) is 2.94. The predicted octanol–water partition coefficient (Wildman–Crippen LogP) is 4.48. The van der Waals surface area contributed by atoms with Gasteiger partial charge in [-0.25, -0.2) is 4.79 Å². The van der Waals surface area contributed by atoms with E-state index in [0.717, 1.165) is 22.4 Å². The van der Waals surface area contributed by atoms with Gasteiger partial charge in [-0.1, -0.05) is 72.8 Å². The third-order valence-electron chi connectivity index (χ3n) is 4.16. The van der Waals surface area contributed by atoms with E-state index in [1.165, 1.54) is 0 Å². The molecule has 138 valence electrons. The predicted molar refractivity (Wildman–Crippen MR) is 104 cm³/mol. The molecular weight excluding hydrogens is 340 g/mol. The van der Waals surface area contributed by atoms with E-state index in [1.807, 2.05) is 84.9 Å². The highest BCUT2D eigenvalue weighted by Gasteiger charge is 2.18. The summed E-state index contributed by atoms with van der Waals surface area (Å²) in [6.45, 7) is 0.772.